The maximum atomic E-state index is 12.7. The van der Waals surface area contributed by atoms with Crippen molar-refractivity contribution in [1.29, 1.82) is 0 Å². The predicted octanol–water partition coefficient (Wildman–Crippen LogP) is 1.52. The summed E-state index contributed by atoms with van der Waals surface area (Å²) in [4.78, 5) is 11.6. The first-order valence-electron chi connectivity index (χ1n) is 5.48. The molecule has 0 bridgehead atoms. The van der Waals surface area contributed by atoms with Crippen LogP contribution in [-0.4, -0.2) is 17.1 Å². The SMILES string of the molecule is O=C(Cc1ccc(F)cc1)NC(=S)NC1CC1. The lowest BCUT2D eigenvalue weighted by Gasteiger charge is -2.08. The second kappa shape index (κ2) is 5.23. The number of carbonyl (C=O) groups is 1. The zero-order valence-corrected chi connectivity index (χ0v) is 10.0. The molecule has 2 rings (SSSR count). The normalized spacial score (nSPS) is 14.2. The first-order chi connectivity index (χ1) is 8.13. The van der Waals surface area contributed by atoms with Gasteiger partial charge in [0.25, 0.3) is 0 Å². The lowest BCUT2D eigenvalue weighted by Crippen LogP contribution is -2.40. The van der Waals surface area contributed by atoms with Gasteiger partial charge in [0, 0.05) is 6.04 Å². The number of carbonyl (C=O) groups excluding carboxylic acids is 1. The summed E-state index contributed by atoms with van der Waals surface area (Å²) in [6.07, 6.45) is 2.41. The van der Waals surface area contributed by atoms with Crippen LogP contribution in [0.2, 0.25) is 0 Å². The van der Waals surface area contributed by atoms with Gasteiger partial charge in [0.15, 0.2) is 5.11 Å². The van der Waals surface area contributed by atoms with E-state index >= 15 is 0 Å². The minimum absolute atomic E-state index is 0.185. The first-order valence-corrected chi connectivity index (χ1v) is 5.89. The molecule has 2 N–H and O–H groups in total. The number of rotatable bonds is 3. The zero-order valence-electron chi connectivity index (χ0n) is 9.20. The summed E-state index contributed by atoms with van der Waals surface area (Å²) in [7, 11) is 0. The highest BCUT2D eigenvalue weighted by molar-refractivity contribution is 7.80. The molecular weight excluding hydrogens is 239 g/mol. The summed E-state index contributed by atoms with van der Waals surface area (Å²) in [5.74, 6) is -0.491. The van der Waals surface area contributed by atoms with Gasteiger partial charge in [-0.25, -0.2) is 4.39 Å². The highest BCUT2D eigenvalue weighted by Gasteiger charge is 2.22. The number of amides is 1. The quantitative estimate of drug-likeness (QED) is 0.801. The average molecular weight is 252 g/mol. The molecule has 5 heteroatoms. The first kappa shape index (κ1) is 12.0. The van der Waals surface area contributed by atoms with E-state index in [0.29, 0.717) is 11.2 Å². The Balaban J connectivity index is 1.79. The molecule has 0 radical (unpaired) electrons. The number of thiocarbonyl (C=S) groups is 1. The maximum Gasteiger partial charge on any atom is 0.230 e. The van der Waals surface area contributed by atoms with Crippen LogP contribution >= 0.6 is 12.2 Å². The van der Waals surface area contributed by atoms with Gasteiger partial charge >= 0.3 is 0 Å². The number of halogens is 1. The summed E-state index contributed by atoms with van der Waals surface area (Å²) in [5, 5.41) is 6.00. The molecule has 1 amide bonds. The van der Waals surface area contributed by atoms with Gasteiger partial charge in [-0.2, -0.15) is 0 Å². The van der Waals surface area contributed by atoms with Gasteiger partial charge in [-0.1, -0.05) is 12.1 Å². The minimum atomic E-state index is -0.305. The Morgan fingerprint density at radius 3 is 2.59 bits per heavy atom. The molecule has 17 heavy (non-hydrogen) atoms. The second-order valence-corrected chi connectivity index (χ2v) is 4.51. The molecule has 1 aliphatic rings. The Morgan fingerprint density at radius 1 is 1.35 bits per heavy atom. The Bertz CT molecular complexity index is 429. The smallest absolute Gasteiger partial charge is 0.230 e. The largest absolute Gasteiger partial charge is 0.360 e. The van der Waals surface area contributed by atoms with E-state index in [9.17, 15) is 9.18 Å². The lowest BCUT2D eigenvalue weighted by molar-refractivity contribution is -0.119. The van der Waals surface area contributed by atoms with Crippen molar-refractivity contribution in [3.05, 3.63) is 35.6 Å². The zero-order chi connectivity index (χ0) is 12.3. The molecule has 0 heterocycles. The van der Waals surface area contributed by atoms with Crippen molar-refractivity contribution in [2.75, 3.05) is 0 Å². The monoisotopic (exact) mass is 252 g/mol. The third-order valence-electron chi connectivity index (χ3n) is 2.44. The van der Waals surface area contributed by atoms with Crippen LogP contribution in [0, 0.1) is 5.82 Å². The van der Waals surface area contributed by atoms with Crippen LogP contribution in [0.15, 0.2) is 24.3 Å². The summed E-state index contributed by atoms with van der Waals surface area (Å²) in [6.45, 7) is 0. The maximum absolute atomic E-state index is 12.7. The lowest BCUT2D eigenvalue weighted by atomic mass is 10.1. The Morgan fingerprint density at radius 2 is 2.00 bits per heavy atom. The van der Waals surface area contributed by atoms with Gasteiger partial charge < -0.3 is 10.6 Å². The summed E-state index contributed by atoms with van der Waals surface area (Å²) in [6, 6.07) is 6.28. The molecule has 0 saturated heterocycles. The van der Waals surface area contributed by atoms with Gasteiger partial charge in [-0.05, 0) is 42.8 Å². The Kier molecular flexibility index (Phi) is 3.68. The van der Waals surface area contributed by atoms with Gasteiger partial charge in [-0.15, -0.1) is 0 Å². The fraction of sp³-hybridized carbons (Fsp3) is 0.333. The van der Waals surface area contributed by atoms with E-state index < -0.39 is 0 Å². The minimum Gasteiger partial charge on any atom is -0.360 e. The average Bonchev–Trinajstić information content (AvgIpc) is 3.05. The van der Waals surface area contributed by atoms with Crippen molar-refractivity contribution in [2.45, 2.75) is 25.3 Å². The van der Waals surface area contributed by atoms with Gasteiger partial charge in [0.05, 0.1) is 6.42 Å². The van der Waals surface area contributed by atoms with Gasteiger partial charge in [0.1, 0.15) is 5.82 Å². The van der Waals surface area contributed by atoms with Crippen molar-refractivity contribution in [3.63, 3.8) is 0 Å². The van der Waals surface area contributed by atoms with E-state index in [1.54, 1.807) is 12.1 Å². The van der Waals surface area contributed by atoms with Crippen LogP contribution < -0.4 is 10.6 Å². The highest BCUT2D eigenvalue weighted by atomic mass is 32.1. The molecule has 1 saturated carbocycles. The molecule has 90 valence electrons. The number of hydrogen-bond acceptors (Lipinski definition) is 2. The van der Waals surface area contributed by atoms with Gasteiger partial charge in [-0.3, -0.25) is 4.79 Å². The highest BCUT2D eigenvalue weighted by Crippen LogP contribution is 2.18. The summed E-state index contributed by atoms with van der Waals surface area (Å²) < 4.78 is 12.7. The molecule has 0 atom stereocenters. The molecule has 3 nitrogen and oxygen atoms in total. The van der Waals surface area contributed by atoms with E-state index in [1.807, 2.05) is 0 Å². The fourth-order valence-corrected chi connectivity index (χ4v) is 1.69. The third kappa shape index (κ3) is 4.11. The predicted molar refractivity (Wildman–Crippen MR) is 67.0 cm³/mol. The number of nitrogens with one attached hydrogen (secondary N) is 2. The van der Waals surface area contributed by atoms with Crippen LogP contribution in [0.4, 0.5) is 4.39 Å². The molecule has 0 aliphatic heterocycles. The Hall–Kier alpha value is -1.49. The van der Waals surface area contributed by atoms with Crippen LogP contribution in [0.3, 0.4) is 0 Å². The number of hydrogen-bond donors (Lipinski definition) is 2. The van der Waals surface area contributed by atoms with E-state index in [1.165, 1.54) is 12.1 Å². The molecule has 1 fully saturated rings. The Labute approximate surface area is 104 Å². The van der Waals surface area contributed by atoms with Crippen LogP contribution in [-0.2, 0) is 11.2 Å². The van der Waals surface area contributed by atoms with Crippen molar-refractivity contribution >= 4 is 23.2 Å². The standard InChI is InChI=1S/C12H13FN2OS/c13-9-3-1-8(2-4-9)7-11(16)15-12(17)14-10-5-6-10/h1-4,10H,5-7H2,(H2,14,15,16,17). The fourth-order valence-electron chi connectivity index (χ4n) is 1.41. The van der Waals surface area contributed by atoms with E-state index in [0.717, 1.165) is 18.4 Å². The van der Waals surface area contributed by atoms with E-state index in [4.69, 9.17) is 12.2 Å². The van der Waals surface area contributed by atoms with Crippen LogP contribution in [0.25, 0.3) is 0 Å². The third-order valence-corrected chi connectivity index (χ3v) is 2.66. The van der Waals surface area contributed by atoms with E-state index in [2.05, 4.69) is 10.6 Å². The second-order valence-electron chi connectivity index (χ2n) is 4.10. The van der Waals surface area contributed by atoms with Crippen LogP contribution in [0.1, 0.15) is 18.4 Å². The molecule has 0 unspecified atom stereocenters. The van der Waals surface area contributed by atoms with Crippen molar-refractivity contribution in [3.8, 4) is 0 Å². The molecule has 1 aromatic carbocycles. The van der Waals surface area contributed by atoms with E-state index in [-0.39, 0.29) is 18.1 Å². The van der Waals surface area contributed by atoms with Crippen molar-refractivity contribution < 1.29 is 9.18 Å². The molecule has 0 spiro atoms. The topological polar surface area (TPSA) is 41.1 Å². The van der Waals surface area contributed by atoms with Crippen molar-refractivity contribution in [1.82, 2.24) is 10.6 Å². The molecular formula is C12H13FN2OS. The molecule has 0 aromatic heterocycles. The molecule has 1 aromatic rings. The van der Waals surface area contributed by atoms with Crippen molar-refractivity contribution in [2.24, 2.45) is 0 Å². The number of benzene rings is 1. The molecule has 1 aliphatic carbocycles. The van der Waals surface area contributed by atoms with Crippen LogP contribution in [0.5, 0.6) is 0 Å². The summed E-state index contributed by atoms with van der Waals surface area (Å²) in [5.41, 5.74) is 0.762. The summed E-state index contributed by atoms with van der Waals surface area (Å²) >= 11 is 4.98. The van der Waals surface area contributed by atoms with Gasteiger partial charge in [0.2, 0.25) is 5.91 Å².